The number of H-pyrrole nitrogens is 1. The molecule has 1 fully saturated rings. The summed E-state index contributed by atoms with van der Waals surface area (Å²) in [6, 6.07) is 0.433. The van der Waals surface area contributed by atoms with E-state index >= 15 is 0 Å². The fourth-order valence-electron chi connectivity index (χ4n) is 1.08. The van der Waals surface area contributed by atoms with Crippen LogP contribution in [0.25, 0.3) is 0 Å². The lowest BCUT2D eigenvalue weighted by molar-refractivity contribution is -0.120. The molecule has 1 aliphatic carbocycles. The Morgan fingerprint density at radius 2 is 2.57 bits per heavy atom. The second-order valence-electron chi connectivity index (χ2n) is 3.44. The van der Waals surface area contributed by atoms with Gasteiger partial charge in [0.2, 0.25) is 5.91 Å². The van der Waals surface area contributed by atoms with Crippen LogP contribution in [0.5, 0.6) is 0 Å². The smallest absolute Gasteiger partial charge is 0.233 e. The van der Waals surface area contributed by atoms with Gasteiger partial charge in [-0.3, -0.25) is 4.79 Å². The molecule has 5 heteroatoms. The molecule has 2 rings (SSSR count). The zero-order valence-corrected chi connectivity index (χ0v) is 8.80. The molecule has 0 radical (unpaired) electrons. The third kappa shape index (κ3) is 2.51. The molecule has 14 heavy (non-hydrogen) atoms. The molecule has 0 spiro atoms. The number of aromatic amines is 1. The lowest BCUT2D eigenvalue weighted by atomic mass is 10.4. The summed E-state index contributed by atoms with van der Waals surface area (Å²) in [6.07, 6.45) is 5.70. The van der Waals surface area contributed by atoms with Gasteiger partial charge in [-0.25, -0.2) is 4.98 Å². The molecule has 0 unspecified atom stereocenters. The zero-order chi connectivity index (χ0) is 9.97. The van der Waals surface area contributed by atoms with Crippen LogP contribution in [0.4, 0.5) is 0 Å². The summed E-state index contributed by atoms with van der Waals surface area (Å²) in [5.41, 5.74) is 0. The average molecular weight is 211 g/mol. The fourth-order valence-corrected chi connectivity index (χ4v) is 1.85. The first-order valence-electron chi connectivity index (χ1n) is 4.72. The summed E-state index contributed by atoms with van der Waals surface area (Å²) in [5, 5.41) is 3.68. The van der Waals surface area contributed by atoms with E-state index in [9.17, 15) is 4.79 Å². The van der Waals surface area contributed by atoms with Crippen LogP contribution in [0.1, 0.15) is 19.8 Å². The first-order chi connectivity index (χ1) is 6.75. The molecule has 1 amide bonds. The van der Waals surface area contributed by atoms with Crippen molar-refractivity contribution in [3.05, 3.63) is 12.4 Å². The number of rotatable bonds is 4. The first-order valence-corrected chi connectivity index (χ1v) is 5.60. The minimum atomic E-state index is -0.0817. The Kier molecular flexibility index (Phi) is 2.77. The summed E-state index contributed by atoms with van der Waals surface area (Å²) in [4.78, 5) is 18.6. The summed E-state index contributed by atoms with van der Waals surface area (Å²) in [5.74, 6) is 0.105. The van der Waals surface area contributed by atoms with Crippen LogP contribution in [0.2, 0.25) is 0 Å². The van der Waals surface area contributed by atoms with Gasteiger partial charge in [-0.05, 0) is 19.8 Å². The average Bonchev–Trinajstić information content (AvgIpc) is 2.81. The van der Waals surface area contributed by atoms with Gasteiger partial charge in [-0.1, -0.05) is 11.8 Å². The fraction of sp³-hybridized carbons (Fsp3) is 0.556. The highest BCUT2D eigenvalue weighted by Crippen LogP contribution is 2.22. The van der Waals surface area contributed by atoms with Gasteiger partial charge in [0.15, 0.2) is 5.16 Å². The van der Waals surface area contributed by atoms with Crippen LogP contribution in [0.15, 0.2) is 17.6 Å². The van der Waals surface area contributed by atoms with Crippen LogP contribution < -0.4 is 5.32 Å². The Morgan fingerprint density at radius 1 is 1.79 bits per heavy atom. The highest BCUT2D eigenvalue weighted by atomic mass is 32.2. The second-order valence-corrected chi connectivity index (χ2v) is 4.77. The van der Waals surface area contributed by atoms with Crippen LogP contribution in [-0.4, -0.2) is 27.2 Å². The van der Waals surface area contributed by atoms with Crippen molar-refractivity contribution in [2.75, 3.05) is 0 Å². The molecule has 0 aliphatic heterocycles. The Morgan fingerprint density at radius 3 is 3.14 bits per heavy atom. The number of hydrogen-bond acceptors (Lipinski definition) is 3. The van der Waals surface area contributed by atoms with Crippen molar-refractivity contribution in [2.24, 2.45) is 0 Å². The lowest BCUT2D eigenvalue weighted by Gasteiger charge is -2.09. The maximum atomic E-state index is 11.5. The normalized spacial score (nSPS) is 17.8. The maximum Gasteiger partial charge on any atom is 0.233 e. The molecular formula is C9H13N3OS. The van der Waals surface area contributed by atoms with Crippen LogP contribution in [0, 0.1) is 0 Å². The molecule has 1 heterocycles. The highest BCUT2D eigenvalue weighted by molar-refractivity contribution is 8.00. The molecule has 0 saturated heterocycles. The minimum Gasteiger partial charge on any atom is -0.352 e. The number of nitrogens with zero attached hydrogens (tertiary/aromatic N) is 1. The SMILES string of the molecule is C[C@H](Sc1ncc[nH]1)C(=O)NC1CC1. The number of hydrogen-bond donors (Lipinski definition) is 2. The Bertz CT molecular complexity index is 308. The van der Waals surface area contributed by atoms with Crippen molar-refractivity contribution in [3.8, 4) is 0 Å². The van der Waals surface area contributed by atoms with E-state index in [0.717, 1.165) is 18.0 Å². The quantitative estimate of drug-likeness (QED) is 0.735. The van der Waals surface area contributed by atoms with E-state index in [1.54, 1.807) is 12.4 Å². The van der Waals surface area contributed by atoms with Gasteiger partial charge in [-0.2, -0.15) is 0 Å². The molecule has 4 nitrogen and oxygen atoms in total. The van der Waals surface area contributed by atoms with Crippen LogP contribution in [0.3, 0.4) is 0 Å². The summed E-state index contributed by atoms with van der Waals surface area (Å²) < 4.78 is 0. The van der Waals surface area contributed by atoms with Gasteiger partial charge in [0.25, 0.3) is 0 Å². The predicted octanol–water partition coefficient (Wildman–Crippen LogP) is 1.17. The molecule has 1 atom stereocenters. The van der Waals surface area contributed by atoms with Crippen molar-refractivity contribution >= 4 is 17.7 Å². The molecule has 0 aromatic carbocycles. The van der Waals surface area contributed by atoms with Crippen LogP contribution >= 0.6 is 11.8 Å². The number of thioether (sulfide) groups is 1. The zero-order valence-electron chi connectivity index (χ0n) is 7.99. The summed E-state index contributed by atoms with van der Waals surface area (Å²) in [6.45, 7) is 1.89. The highest BCUT2D eigenvalue weighted by Gasteiger charge is 2.26. The number of carbonyl (C=O) groups excluding carboxylic acids is 1. The Labute approximate surface area is 86.9 Å². The van der Waals surface area contributed by atoms with E-state index in [1.165, 1.54) is 11.8 Å². The lowest BCUT2D eigenvalue weighted by Crippen LogP contribution is -2.32. The second kappa shape index (κ2) is 4.04. The monoisotopic (exact) mass is 211 g/mol. The molecule has 1 aromatic rings. The van der Waals surface area contributed by atoms with Gasteiger partial charge < -0.3 is 10.3 Å². The van der Waals surface area contributed by atoms with Crippen molar-refractivity contribution < 1.29 is 4.79 Å². The molecule has 2 N–H and O–H groups in total. The molecule has 0 bridgehead atoms. The third-order valence-corrected chi connectivity index (χ3v) is 3.07. The van der Waals surface area contributed by atoms with Gasteiger partial charge in [-0.15, -0.1) is 0 Å². The van der Waals surface area contributed by atoms with Gasteiger partial charge in [0, 0.05) is 18.4 Å². The van der Waals surface area contributed by atoms with E-state index in [0.29, 0.717) is 6.04 Å². The molecule has 1 saturated carbocycles. The standard InChI is InChI=1S/C9H13N3OS/c1-6(8(13)12-7-2-3-7)14-9-10-4-5-11-9/h4-7H,2-3H2,1H3,(H,10,11)(H,12,13)/t6-/m0/s1. The number of nitrogens with one attached hydrogen (secondary N) is 2. The predicted molar refractivity (Wildman–Crippen MR) is 55.1 cm³/mol. The third-order valence-electron chi connectivity index (χ3n) is 2.05. The van der Waals surface area contributed by atoms with Gasteiger partial charge >= 0.3 is 0 Å². The van der Waals surface area contributed by atoms with Crippen molar-refractivity contribution in [1.29, 1.82) is 0 Å². The van der Waals surface area contributed by atoms with Crippen molar-refractivity contribution in [3.63, 3.8) is 0 Å². The van der Waals surface area contributed by atoms with Gasteiger partial charge in [0.1, 0.15) is 0 Å². The summed E-state index contributed by atoms with van der Waals surface area (Å²) in [7, 11) is 0. The molecule has 1 aromatic heterocycles. The van der Waals surface area contributed by atoms with E-state index in [4.69, 9.17) is 0 Å². The van der Waals surface area contributed by atoms with Crippen molar-refractivity contribution in [1.82, 2.24) is 15.3 Å². The molecule has 76 valence electrons. The van der Waals surface area contributed by atoms with Crippen LogP contribution in [-0.2, 0) is 4.79 Å². The number of amides is 1. The number of imidazole rings is 1. The number of carbonyl (C=O) groups is 1. The minimum absolute atomic E-state index is 0.0817. The molecular weight excluding hydrogens is 198 g/mol. The van der Waals surface area contributed by atoms with E-state index in [2.05, 4.69) is 15.3 Å². The van der Waals surface area contributed by atoms with E-state index < -0.39 is 0 Å². The topological polar surface area (TPSA) is 57.8 Å². The van der Waals surface area contributed by atoms with E-state index in [-0.39, 0.29) is 11.2 Å². The largest absolute Gasteiger partial charge is 0.352 e. The van der Waals surface area contributed by atoms with Crippen molar-refractivity contribution in [2.45, 2.75) is 36.2 Å². The summed E-state index contributed by atoms with van der Waals surface area (Å²) >= 11 is 1.45. The Hall–Kier alpha value is -0.970. The van der Waals surface area contributed by atoms with Gasteiger partial charge in [0.05, 0.1) is 5.25 Å². The van der Waals surface area contributed by atoms with E-state index in [1.807, 2.05) is 6.92 Å². The number of aromatic nitrogens is 2. The maximum absolute atomic E-state index is 11.5. The first kappa shape index (κ1) is 9.58. The Balaban J connectivity index is 1.81. The molecule has 1 aliphatic rings.